The summed E-state index contributed by atoms with van der Waals surface area (Å²) in [5, 5.41) is 11.9. The SMILES string of the molecule is CCCN(CC(=O)O)C(=O)Cn1ccc(C(F)(F)F)n1. The Morgan fingerprint density at radius 2 is 2.10 bits per heavy atom. The van der Waals surface area contributed by atoms with Gasteiger partial charge in [-0.25, -0.2) is 0 Å². The minimum atomic E-state index is -4.57. The van der Waals surface area contributed by atoms with Gasteiger partial charge in [-0.15, -0.1) is 0 Å². The predicted molar refractivity (Wildman–Crippen MR) is 61.7 cm³/mol. The standard InChI is InChI=1S/C11H14F3N3O3/c1-2-4-16(7-10(19)20)9(18)6-17-5-3-8(15-17)11(12,13)14/h3,5H,2,4,6-7H2,1H3,(H,19,20). The van der Waals surface area contributed by atoms with Gasteiger partial charge in [0.1, 0.15) is 13.1 Å². The van der Waals surface area contributed by atoms with Crippen molar-refractivity contribution < 1.29 is 27.9 Å². The molecule has 0 radical (unpaired) electrons. The number of carboxylic acid groups (broad SMARTS) is 1. The predicted octanol–water partition coefficient (Wildman–Crippen LogP) is 1.23. The van der Waals surface area contributed by atoms with E-state index >= 15 is 0 Å². The van der Waals surface area contributed by atoms with Crippen LogP contribution in [-0.4, -0.2) is 44.8 Å². The molecule has 0 aliphatic heterocycles. The molecular formula is C11H14F3N3O3. The summed E-state index contributed by atoms with van der Waals surface area (Å²) in [6.45, 7) is 1.07. The van der Waals surface area contributed by atoms with E-state index in [2.05, 4.69) is 5.10 Å². The molecule has 0 atom stereocenters. The third-order valence-corrected chi connectivity index (χ3v) is 2.40. The van der Waals surface area contributed by atoms with Crippen molar-refractivity contribution >= 4 is 11.9 Å². The first kappa shape index (κ1) is 16.0. The molecule has 0 bridgehead atoms. The largest absolute Gasteiger partial charge is 0.480 e. The summed E-state index contributed by atoms with van der Waals surface area (Å²) < 4.78 is 37.9. The first-order valence-electron chi connectivity index (χ1n) is 5.84. The van der Waals surface area contributed by atoms with Gasteiger partial charge in [-0.3, -0.25) is 14.3 Å². The van der Waals surface area contributed by atoms with Crippen LogP contribution < -0.4 is 0 Å². The van der Waals surface area contributed by atoms with Crippen LogP contribution in [0.3, 0.4) is 0 Å². The summed E-state index contributed by atoms with van der Waals surface area (Å²) in [6.07, 6.45) is -2.99. The Kier molecular flexibility index (Phi) is 5.12. The van der Waals surface area contributed by atoms with Crippen molar-refractivity contribution in [3.05, 3.63) is 18.0 Å². The number of carboxylic acids is 1. The molecule has 6 nitrogen and oxygen atoms in total. The molecule has 20 heavy (non-hydrogen) atoms. The number of amides is 1. The zero-order valence-electron chi connectivity index (χ0n) is 10.7. The van der Waals surface area contributed by atoms with Crippen molar-refractivity contribution in [2.45, 2.75) is 26.1 Å². The van der Waals surface area contributed by atoms with Gasteiger partial charge in [0, 0.05) is 12.7 Å². The third kappa shape index (κ3) is 4.56. The molecule has 1 amide bonds. The Morgan fingerprint density at radius 1 is 1.45 bits per heavy atom. The molecule has 1 aromatic heterocycles. The van der Waals surface area contributed by atoms with Crippen LogP contribution in [0.5, 0.6) is 0 Å². The molecule has 0 aromatic carbocycles. The van der Waals surface area contributed by atoms with Crippen LogP contribution in [0.25, 0.3) is 0 Å². The van der Waals surface area contributed by atoms with E-state index in [4.69, 9.17) is 5.11 Å². The fourth-order valence-corrected chi connectivity index (χ4v) is 1.56. The van der Waals surface area contributed by atoms with Gasteiger partial charge in [-0.05, 0) is 12.5 Å². The first-order valence-corrected chi connectivity index (χ1v) is 5.84. The second-order valence-corrected chi connectivity index (χ2v) is 4.11. The molecule has 0 unspecified atom stereocenters. The maximum atomic E-state index is 12.3. The molecular weight excluding hydrogens is 279 g/mol. The van der Waals surface area contributed by atoms with E-state index in [0.29, 0.717) is 6.42 Å². The second-order valence-electron chi connectivity index (χ2n) is 4.11. The zero-order valence-corrected chi connectivity index (χ0v) is 10.7. The Balaban J connectivity index is 2.72. The number of carbonyl (C=O) groups is 2. The van der Waals surface area contributed by atoms with Crippen molar-refractivity contribution in [2.24, 2.45) is 0 Å². The highest BCUT2D eigenvalue weighted by Gasteiger charge is 2.33. The Morgan fingerprint density at radius 3 is 2.55 bits per heavy atom. The molecule has 1 N–H and O–H groups in total. The van der Waals surface area contributed by atoms with Crippen LogP contribution in [0.1, 0.15) is 19.0 Å². The van der Waals surface area contributed by atoms with Gasteiger partial charge in [0.2, 0.25) is 5.91 Å². The Labute approximate surface area is 112 Å². The third-order valence-electron chi connectivity index (χ3n) is 2.40. The highest BCUT2D eigenvalue weighted by Crippen LogP contribution is 2.27. The van der Waals surface area contributed by atoms with Gasteiger partial charge in [0.15, 0.2) is 5.69 Å². The molecule has 9 heteroatoms. The fraction of sp³-hybridized carbons (Fsp3) is 0.545. The van der Waals surface area contributed by atoms with Crippen LogP contribution in [0.2, 0.25) is 0 Å². The highest BCUT2D eigenvalue weighted by molar-refractivity contribution is 5.81. The van der Waals surface area contributed by atoms with E-state index < -0.39 is 36.8 Å². The van der Waals surface area contributed by atoms with Gasteiger partial charge >= 0.3 is 12.1 Å². The van der Waals surface area contributed by atoms with E-state index in [1.807, 2.05) is 0 Å². The number of aliphatic carboxylic acids is 1. The van der Waals surface area contributed by atoms with Crippen molar-refractivity contribution in [3.63, 3.8) is 0 Å². The van der Waals surface area contributed by atoms with Gasteiger partial charge < -0.3 is 10.0 Å². The summed E-state index contributed by atoms with van der Waals surface area (Å²) in [5.74, 6) is -1.77. The molecule has 0 aliphatic carbocycles. The van der Waals surface area contributed by atoms with E-state index in [1.54, 1.807) is 6.92 Å². The van der Waals surface area contributed by atoms with E-state index in [9.17, 15) is 22.8 Å². The maximum Gasteiger partial charge on any atom is 0.435 e. The fourth-order valence-electron chi connectivity index (χ4n) is 1.56. The Hall–Kier alpha value is -2.06. The first-order chi connectivity index (χ1) is 9.24. The molecule has 1 rings (SSSR count). The average Bonchev–Trinajstić information content (AvgIpc) is 2.76. The summed E-state index contributed by atoms with van der Waals surface area (Å²) >= 11 is 0. The number of aromatic nitrogens is 2. The zero-order chi connectivity index (χ0) is 15.3. The molecule has 0 saturated heterocycles. The lowest BCUT2D eigenvalue weighted by Crippen LogP contribution is -2.38. The van der Waals surface area contributed by atoms with Crippen LogP contribution in [0.15, 0.2) is 12.3 Å². The van der Waals surface area contributed by atoms with Crippen molar-refractivity contribution in [2.75, 3.05) is 13.1 Å². The van der Waals surface area contributed by atoms with E-state index in [1.165, 1.54) is 0 Å². The maximum absolute atomic E-state index is 12.3. The number of halogens is 3. The number of nitrogens with zero attached hydrogens (tertiary/aromatic N) is 3. The smallest absolute Gasteiger partial charge is 0.435 e. The summed E-state index contributed by atoms with van der Waals surface area (Å²) in [4.78, 5) is 23.5. The summed E-state index contributed by atoms with van der Waals surface area (Å²) in [6, 6.07) is 0.759. The lowest BCUT2D eigenvalue weighted by atomic mass is 10.3. The molecule has 1 aromatic rings. The van der Waals surface area contributed by atoms with Crippen molar-refractivity contribution in [3.8, 4) is 0 Å². The van der Waals surface area contributed by atoms with Gasteiger partial charge in [0.05, 0.1) is 0 Å². The normalized spacial score (nSPS) is 11.4. The molecule has 0 aliphatic rings. The number of hydrogen-bond donors (Lipinski definition) is 1. The summed E-state index contributed by atoms with van der Waals surface area (Å²) in [5.41, 5.74) is -1.09. The highest BCUT2D eigenvalue weighted by atomic mass is 19.4. The van der Waals surface area contributed by atoms with Crippen LogP contribution in [-0.2, 0) is 22.3 Å². The van der Waals surface area contributed by atoms with E-state index in [0.717, 1.165) is 21.8 Å². The average molecular weight is 293 g/mol. The van der Waals surface area contributed by atoms with Crippen LogP contribution >= 0.6 is 0 Å². The minimum absolute atomic E-state index is 0.221. The number of rotatable bonds is 6. The Bertz CT molecular complexity index is 485. The van der Waals surface area contributed by atoms with Crippen LogP contribution in [0, 0.1) is 0 Å². The molecule has 112 valence electrons. The van der Waals surface area contributed by atoms with Crippen molar-refractivity contribution in [1.82, 2.24) is 14.7 Å². The van der Waals surface area contributed by atoms with Gasteiger partial charge in [-0.1, -0.05) is 6.92 Å². The molecule has 0 fully saturated rings. The topological polar surface area (TPSA) is 75.4 Å². The van der Waals surface area contributed by atoms with Crippen molar-refractivity contribution in [1.29, 1.82) is 0 Å². The number of alkyl halides is 3. The van der Waals surface area contributed by atoms with Gasteiger partial charge in [-0.2, -0.15) is 18.3 Å². The minimum Gasteiger partial charge on any atom is -0.480 e. The van der Waals surface area contributed by atoms with Crippen LogP contribution in [0.4, 0.5) is 13.2 Å². The summed E-state index contributed by atoms with van der Waals surface area (Å²) in [7, 11) is 0. The second kappa shape index (κ2) is 6.40. The number of hydrogen-bond acceptors (Lipinski definition) is 3. The molecule has 1 heterocycles. The molecule has 0 spiro atoms. The monoisotopic (exact) mass is 293 g/mol. The lowest BCUT2D eigenvalue weighted by molar-refractivity contribution is -0.145. The quantitative estimate of drug-likeness (QED) is 0.856. The number of carbonyl (C=O) groups excluding carboxylic acids is 1. The van der Waals surface area contributed by atoms with E-state index in [-0.39, 0.29) is 6.54 Å². The van der Waals surface area contributed by atoms with Gasteiger partial charge in [0.25, 0.3) is 0 Å². The molecule has 0 saturated carbocycles. The lowest BCUT2D eigenvalue weighted by Gasteiger charge is -2.19.